The van der Waals surface area contributed by atoms with Crippen molar-refractivity contribution >= 4 is 27.5 Å². The van der Waals surface area contributed by atoms with Gasteiger partial charge in [0.05, 0.1) is 10.6 Å². The molecule has 0 aliphatic heterocycles. The molecule has 3 aromatic carbocycles. The van der Waals surface area contributed by atoms with E-state index in [1.54, 1.807) is 37.3 Å². The van der Waals surface area contributed by atoms with Crippen LogP contribution in [0.3, 0.4) is 0 Å². The Morgan fingerprint density at radius 2 is 1.44 bits per heavy atom. The Hall–Kier alpha value is -3.65. The third-order valence-electron chi connectivity index (χ3n) is 6.72. The smallest absolute Gasteiger partial charge is 0.264 e. The van der Waals surface area contributed by atoms with Crippen molar-refractivity contribution in [3.63, 3.8) is 0 Å². The molecule has 0 fully saturated rings. The van der Waals surface area contributed by atoms with Crippen LogP contribution in [-0.4, -0.2) is 43.8 Å². The molecule has 0 aliphatic carbocycles. The van der Waals surface area contributed by atoms with E-state index in [2.05, 4.69) is 5.32 Å². The van der Waals surface area contributed by atoms with E-state index in [0.29, 0.717) is 5.69 Å². The third kappa shape index (κ3) is 7.26. The van der Waals surface area contributed by atoms with Crippen LogP contribution in [0.5, 0.6) is 0 Å². The van der Waals surface area contributed by atoms with Gasteiger partial charge >= 0.3 is 0 Å². The largest absolute Gasteiger partial charge is 0.352 e. The van der Waals surface area contributed by atoms with E-state index < -0.39 is 28.5 Å². The molecule has 8 heteroatoms. The molecule has 0 bridgehead atoms. The number of hydrogen-bond donors (Lipinski definition) is 1. The Kier molecular flexibility index (Phi) is 9.56. The third-order valence-corrected chi connectivity index (χ3v) is 8.50. The number of nitrogens with one attached hydrogen (secondary N) is 1. The molecule has 39 heavy (non-hydrogen) atoms. The first-order valence-corrected chi connectivity index (χ1v) is 14.6. The van der Waals surface area contributed by atoms with Crippen LogP contribution in [0, 0.1) is 27.7 Å². The average molecular weight is 550 g/mol. The van der Waals surface area contributed by atoms with E-state index in [0.717, 1.165) is 27.8 Å². The number of carbonyl (C=O) groups excluding carboxylic acids is 2. The van der Waals surface area contributed by atoms with Gasteiger partial charge < -0.3 is 10.2 Å². The van der Waals surface area contributed by atoms with Crippen molar-refractivity contribution in [2.24, 2.45) is 0 Å². The fourth-order valence-corrected chi connectivity index (χ4v) is 5.77. The summed E-state index contributed by atoms with van der Waals surface area (Å²) in [6.45, 7) is 12.6. The fraction of sp³-hybridized carbons (Fsp3) is 0.355. The van der Waals surface area contributed by atoms with Crippen molar-refractivity contribution < 1.29 is 18.0 Å². The van der Waals surface area contributed by atoms with Crippen LogP contribution in [0.25, 0.3) is 0 Å². The molecule has 1 N–H and O–H groups in total. The van der Waals surface area contributed by atoms with Crippen LogP contribution in [0.2, 0.25) is 0 Å². The zero-order chi connectivity index (χ0) is 28.9. The molecule has 7 nitrogen and oxygen atoms in total. The zero-order valence-electron chi connectivity index (χ0n) is 23.9. The number of anilines is 1. The van der Waals surface area contributed by atoms with Gasteiger partial charge in [-0.1, -0.05) is 54.1 Å². The van der Waals surface area contributed by atoms with Crippen LogP contribution in [0.4, 0.5) is 5.69 Å². The van der Waals surface area contributed by atoms with Gasteiger partial charge in [0.15, 0.2) is 0 Å². The van der Waals surface area contributed by atoms with Crippen molar-refractivity contribution in [1.82, 2.24) is 10.2 Å². The second kappa shape index (κ2) is 12.5. The molecule has 0 saturated carbocycles. The van der Waals surface area contributed by atoms with E-state index in [4.69, 9.17) is 0 Å². The van der Waals surface area contributed by atoms with Gasteiger partial charge in [-0.05, 0) is 88.9 Å². The second-order valence-electron chi connectivity index (χ2n) is 10.4. The van der Waals surface area contributed by atoms with Gasteiger partial charge in [0.2, 0.25) is 11.8 Å². The van der Waals surface area contributed by atoms with E-state index in [1.807, 2.05) is 77.9 Å². The lowest BCUT2D eigenvalue weighted by Gasteiger charge is -2.33. The molecule has 0 aromatic heterocycles. The van der Waals surface area contributed by atoms with E-state index in [1.165, 1.54) is 9.21 Å². The van der Waals surface area contributed by atoms with Gasteiger partial charge in [0.1, 0.15) is 12.6 Å². The van der Waals surface area contributed by atoms with Crippen LogP contribution in [0.1, 0.15) is 48.6 Å². The Balaban J connectivity index is 2.09. The lowest BCUT2D eigenvalue weighted by atomic mass is 10.1. The number of hydrogen-bond acceptors (Lipinski definition) is 4. The average Bonchev–Trinajstić information content (AvgIpc) is 2.87. The minimum Gasteiger partial charge on any atom is -0.352 e. The van der Waals surface area contributed by atoms with Crippen LogP contribution in [0.15, 0.2) is 71.6 Å². The summed E-state index contributed by atoms with van der Waals surface area (Å²) < 4.78 is 29.2. The summed E-state index contributed by atoms with van der Waals surface area (Å²) in [6.07, 6.45) is 0. The van der Waals surface area contributed by atoms with Crippen LogP contribution < -0.4 is 9.62 Å². The highest BCUT2D eigenvalue weighted by molar-refractivity contribution is 7.92. The molecule has 0 heterocycles. The lowest BCUT2D eigenvalue weighted by molar-refractivity contribution is -0.139. The number of carbonyl (C=O) groups is 2. The first-order chi connectivity index (χ1) is 18.3. The molecule has 3 aromatic rings. The molecule has 1 atom stereocenters. The van der Waals surface area contributed by atoms with Gasteiger partial charge in [0, 0.05) is 12.6 Å². The Morgan fingerprint density at radius 3 is 2.05 bits per heavy atom. The summed E-state index contributed by atoms with van der Waals surface area (Å²) in [6, 6.07) is 18.8. The maximum absolute atomic E-state index is 14.0. The van der Waals surface area contributed by atoms with Gasteiger partial charge in [-0.3, -0.25) is 13.9 Å². The molecule has 1 unspecified atom stereocenters. The topological polar surface area (TPSA) is 86.8 Å². The van der Waals surface area contributed by atoms with Gasteiger partial charge in [-0.2, -0.15) is 0 Å². The maximum atomic E-state index is 14.0. The number of sulfonamides is 1. The van der Waals surface area contributed by atoms with Gasteiger partial charge in [0.25, 0.3) is 10.0 Å². The highest BCUT2D eigenvalue weighted by Gasteiger charge is 2.33. The minimum absolute atomic E-state index is 0.0952. The molecular formula is C31H39N3O4S. The summed E-state index contributed by atoms with van der Waals surface area (Å²) in [5, 5.41) is 2.88. The molecular weight excluding hydrogens is 510 g/mol. The Morgan fingerprint density at radius 1 is 0.821 bits per heavy atom. The molecule has 0 radical (unpaired) electrons. The number of rotatable bonds is 10. The first kappa shape index (κ1) is 29.9. The summed E-state index contributed by atoms with van der Waals surface area (Å²) >= 11 is 0. The van der Waals surface area contributed by atoms with Crippen LogP contribution >= 0.6 is 0 Å². The normalized spacial score (nSPS) is 12.2. The zero-order valence-corrected chi connectivity index (χ0v) is 24.7. The highest BCUT2D eigenvalue weighted by Crippen LogP contribution is 2.29. The summed E-state index contributed by atoms with van der Waals surface area (Å²) in [5.74, 6) is -0.770. The van der Waals surface area contributed by atoms with Crippen molar-refractivity contribution in [2.75, 3.05) is 10.8 Å². The summed E-state index contributed by atoms with van der Waals surface area (Å²) in [7, 11) is -4.10. The number of aryl methyl sites for hydroxylation is 4. The highest BCUT2D eigenvalue weighted by atomic mass is 32.2. The summed E-state index contributed by atoms with van der Waals surface area (Å²) in [5.41, 5.74) is 4.81. The fourth-order valence-electron chi connectivity index (χ4n) is 4.30. The van der Waals surface area contributed by atoms with Crippen molar-refractivity contribution in [3.05, 3.63) is 94.5 Å². The quantitative estimate of drug-likeness (QED) is 0.383. The second-order valence-corrected chi connectivity index (χ2v) is 12.3. The first-order valence-electron chi connectivity index (χ1n) is 13.1. The molecule has 3 rings (SSSR count). The number of benzene rings is 3. The van der Waals surface area contributed by atoms with Crippen LogP contribution in [-0.2, 0) is 26.2 Å². The maximum Gasteiger partial charge on any atom is 0.264 e. The SMILES string of the molecule is Cc1ccc(S(=O)(=O)N(CC(=O)N(Cc2ccccc2C)C(C)C(=O)NC(C)C)c2cc(C)ccc2C)cc1. The van der Waals surface area contributed by atoms with E-state index in [9.17, 15) is 18.0 Å². The predicted octanol–water partition coefficient (Wildman–Crippen LogP) is 5.06. The molecule has 0 spiro atoms. The van der Waals surface area contributed by atoms with Crippen molar-refractivity contribution in [2.45, 2.75) is 72.0 Å². The monoisotopic (exact) mass is 549 g/mol. The molecule has 0 saturated heterocycles. The van der Waals surface area contributed by atoms with E-state index in [-0.39, 0.29) is 23.4 Å². The predicted molar refractivity (Wildman–Crippen MR) is 156 cm³/mol. The Labute approximate surface area is 232 Å². The van der Waals surface area contributed by atoms with E-state index >= 15 is 0 Å². The standard InChI is InChI=1S/C31H39N3O4S/c1-21(2)32-31(36)26(7)33(19-27-11-9-8-10-24(27)5)30(35)20-34(29-18-23(4)12-15-25(29)6)39(37,38)28-16-13-22(3)14-17-28/h8-18,21,26H,19-20H2,1-7H3,(H,32,36). The van der Waals surface area contributed by atoms with Gasteiger partial charge in [-0.15, -0.1) is 0 Å². The van der Waals surface area contributed by atoms with Crippen molar-refractivity contribution in [1.29, 1.82) is 0 Å². The molecule has 208 valence electrons. The number of nitrogens with zero attached hydrogens (tertiary/aromatic N) is 2. The lowest BCUT2D eigenvalue weighted by Crippen LogP contribution is -2.52. The number of amides is 2. The van der Waals surface area contributed by atoms with Crippen molar-refractivity contribution in [3.8, 4) is 0 Å². The Bertz CT molecular complexity index is 1430. The minimum atomic E-state index is -4.10. The van der Waals surface area contributed by atoms with Gasteiger partial charge in [-0.25, -0.2) is 8.42 Å². The summed E-state index contributed by atoms with van der Waals surface area (Å²) in [4.78, 5) is 28.6. The molecule has 0 aliphatic rings. The molecule has 2 amide bonds.